The third kappa shape index (κ3) is 2.47. The quantitative estimate of drug-likeness (QED) is 0.604. The van der Waals surface area contributed by atoms with Gasteiger partial charge in [-0.05, 0) is 0 Å². The largest absolute Gasteiger partial charge is 0.394 e. The van der Waals surface area contributed by atoms with Crippen LogP contribution in [0.25, 0.3) is 0 Å². The maximum atomic E-state index is 9.86. The van der Waals surface area contributed by atoms with E-state index in [1.54, 1.807) is 0 Å². The van der Waals surface area contributed by atoms with Crippen molar-refractivity contribution in [2.75, 3.05) is 27.9 Å². The lowest BCUT2D eigenvalue weighted by Crippen LogP contribution is -2.42. The van der Waals surface area contributed by atoms with Gasteiger partial charge >= 0.3 is 0 Å². The zero-order valence-electron chi connectivity index (χ0n) is 9.12. The van der Waals surface area contributed by atoms with Gasteiger partial charge in [0.2, 0.25) is 0 Å². The van der Waals surface area contributed by atoms with E-state index in [0.29, 0.717) is 0 Å². The first-order valence-corrected chi connectivity index (χ1v) is 4.72. The van der Waals surface area contributed by atoms with Crippen LogP contribution in [0.15, 0.2) is 0 Å². The van der Waals surface area contributed by atoms with Crippen LogP contribution in [0.3, 0.4) is 0 Å². The van der Waals surface area contributed by atoms with Gasteiger partial charge in [0.05, 0.1) is 6.61 Å². The molecule has 1 saturated heterocycles. The van der Waals surface area contributed by atoms with E-state index in [0.717, 1.165) is 0 Å². The fourth-order valence-corrected chi connectivity index (χ4v) is 1.72. The van der Waals surface area contributed by atoms with Crippen molar-refractivity contribution in [3.05, 3.63) is 0 Å². The minimum Gasteiger partial charge on any atom is -0.394 e. The van der Waals surface area contributed by atoms with Crippen LogP contribution in [0.5, 0.6) is 0 Å². The van der Waals surface area contributed by atoms with Gasteiger partial charge in [-0.15, -0.1) is 0 Å². The fourth-order valence-electron chi connectivity index (χ4n) is 1.72. The van der Waals surface area contributed by atoms with Crippen LogP contribution in [0.1, 0.15) is 0 Å². The number of ether oxygens (including phenoxy) is 4. The van der Waals surface area contributed by atoms with Crippen LogP contribution in [-0.4, -0.2) is 68.9 Å². The van der Waals surface area contributed by atoms with Gasteiger partial charge in [0.15, 0.2) is 6.29 Å². The minimum atomic E-state index is -0.878. The maximum Gasteiger partial charge on any atom is 0.186 e. The summed E-state index contributed by atoms with van der Waals surface area (Å²) in [5.41, 5.74) is 0. The summed E-state index contributed by atoms with van der Waals surface area (Å²) in [7, 11) is 4.37. The highest BCUT2D eigenvalue weighted by Gasteiger charge is 2.47. The Morgan fingerprint density at radius 3 is 2.27 bits per heavy atom. The van der Waals surface area contributed by atoms with Gasteiger partial charge in [-0.25, -0.2) is 0 Å². The lowest BCUT2D eigenvalue weighted by molar-refractivity contribution is -0.174. The number of rotatable bonds is 5. The summed E-state index contributed by atoms with van der Waals surface area (Å²) in [5, 5.41) is 18.9. The molecule has 0 bridgehead atoms. The van der Waals surface area contributed by atoms with Gasteiger partial charge in [0.1, 0.15) is 24.4 Å². The zero-order valence-corrected chi connectivity index (χ0v) is 9.12. The van der Waals surface area contributed by atoms with Crippen LogP contribution in [-0.2, 0) is 18.9 Å². The molecule has 0 saturated carbocycles. The van der Waals surface area contributed by atoms with Crippen LogP contribution in [0.4, 0.5) is 0 Å². The molecule has 0 spiro atoms. The summed E-state index contributed by atoms with van der Waals surface area (Å²) in [6.07, 6.45) is -3.31. The van der Waals surface area contributed by atoms with Crippen molar-refractivity contribution < 1.29 is 29.2 Å². The Morgan fingerprint density at radius 2 is 1.93 bits per heavy atom. The Bertz CT molecular complexity index is 181. The molecule has 1 aliphatic heterocycles. The summed E-state index contributed by atoms with van der Waals surface area (Å²) in [6, 6.07) is 0. The number of methoxy groups -OCH3 is 3. The predicted molar refractivity (Wildman–Crippen MR) is 50.4 cm³/mol. The molecule has 6 nitrogen and oxygen atoms in total. The summed E-state index contributed by atoms with van der Waals surface area (Å²) in [5.74, 6) is 0. The van der Waals surface area contributed by atoms with Gasteiger partial charge < -0.3 is 29.2 Å². The summed E-state index contributed by atoms with van der Waals surface area (Å²) in [4.78, 5) is 0. The molecule has 0 radical (unpaired) electrons. The van der Waals surface area contributed by atoms with Crippen molar-refractivity contribution in [3.63, 3.8) is 0 Å². The Labute approximate surface area is 88.7 Å². The van der Waals surface area contributed by atoms with Crippen LogP contribution >= 0.6 is 0 Å². The number of aliphatic hydroxyl groups is 2. The van der Waals surface area contributed by atoms with Crippen molar-refractivity contribution in [2.45, 2.75) is 30.7 Å². The Morgan fingerprint density at radius 1 is 1.27 bits per heavy atom. The van der Waals surface area contributed by atoms with E-state index in [2.05, 4.69) is 0 Å². The molecular weight excluding hydrogens is 204 g/mol. The van der Waals surface area contributed by atoms with Crippen LogP contribution < -0.4 is 0 Å². The summed E-state index contributed by atoms with van der Waals surface area (Å²) < 4.78 is 20.5. The molecule has 1 fully saturated rings. The van der Waals surface area contributed by atoms with Crippen LogP contribution in [0.2, 0.25) is 0 Å². The summed E-state index contributed by atoms with van der Waals surface area (Å²) in [6.45, 7) is -0.231. The van der Waals surface area contributed by atoms with Crippen molar-refractivity contribution in [1.29, 1.82) is 0 Å². The first kappa shape index (κ1) is 12.8. The maximum absolute atomic E-state index is 9.86. The highest BCUT2D eigenvalue weighted by molar-refractivity contribution is 4.91. The van der Waals surface area contributed by atoms with Gasteiger partial charge in [0.25, 0.3) is 0 Å². The smallest absolute Gasteiger partial charge is 0.186 e. The highest BCUT2D eigenvalue weighted by atomic mass is 16.7. The topological polar surface area (TPSA) is 77.4 Å². The Kier molecular flexibility index (Phi) is 4.91. The lowest BCUT2D eigenvalue weighted by atomic mass is 10.1. The van der Waals surface area contributed by atoms with Gasteiger partial charge in [-0.3, -0.25) is 0 Å². The minimum absolute atomic E-state index is 0.231. The first-order chi connectivity index (χ1) is 7.19. The predicted octanol–water partition coefficient (Wildman–Crippen LogP) is -1.26. The van der Waals surface area contributed by atoms with Crippen LogP contribution in [0, 0.1) is 0 Å². The Hall–Kier alpha value is -0.240. The zero-order chi connectivity index (χ0) is 11.4. The average Bonchev–Trinajstić information content (AvgIpc) is 2.57. The molecule has 1 rings (SSSR count). The molecule has 0 unspecified atom stereocenters. The van der Waals surface area contributed by atoms with Gasteiger partial charge in [-0.2, -0.15) is 0 Å². The van der Waals surface area contributed by atoms with E-state index in [1.807, 2.05) is 0 Å². The average molecular weight is 222 g/mol. The van der Waals surface area contributed by atoms with E-state index in [9.17, 15) is 5.11 Å². The second-order valence-corrected chi connectivity index (χ2v) is 3.35. The molecule has 2 N–H and O–H groups in total. The second kappa shape index (κ2) is 5.74. The molecule has 5 atom stereocenters. The van der Waals surface area contributed by atoms with E-state index in [-0.39, 0.29) is 6.61 Å². The molecular formula is C9H18O6. The van der Waals surface area contributed by atoms with E-state index in [4.69, 9.17) is 24.1 Å². The van der Waals surface area contributed by atoms with Gasteiger partial charge in [-0.1, -0.05) is 0 Å². The molecule has 6 heteroatoms. The molecule has 0 aromatic rings. The molecule has 0 aliphatic carbocycles. The number of hydrogen-bond acceptors (Lipinski definition) is 6. The standard InChI is InChI=1S/C9H18O6/c1-12-5(4-10)7-6(11)8(13-2)9(14-3)15-7/h5-11H,4H2,1-3H3/t5-,6+,7+,8-,9+/m1/s1. The van der Waals surface area contributed by atoms with Crippen molar-refractivity contribution in [2.24, 2.45) is 0 Å². The fraction of sp³-hybridized carbons (Fsp3) is 1.00. The summed E-state index contributed by atoms with van der Waals surface area (Å²) >= 11 is 0. The van der Waals surface area contributed by atoms with E-state index < -0.39 is 30.7 Å². The monoisotopic (exact) mass is 222 g/mol. The molecule has 1 aliphatic rings. The van der Waals surface area contributed by atoms with E-state index >= 15 is 0 Å². The normalized spacial score (nSPS) is 38.2. The molecule has 1 heterocycles. The van der Waals surface area contributed by atoms with Gasteiger partial charge in [0, 0.05) is 21.3 Å². The lowest BCUT2D eigenvalue weighted by Gasteiger charge is -2.22. The van der Waals surface area contributed by atoms with Crippen molar-refractivity contribution in [3.8, 4) is 0 Å². The van der Waals surface area contributed by atoms with E-state index in [1.165, 1.54) is 21.3 Å². The molecule has 0 amide bonds. The highest BCUT2D eigenvalue weighted by Crippen LogP contribution is 2.26. The first-order valence-electron chi connectivity index (χ1n) is 4.72. The molecule has 0 aromatic carbocycles. The van der Waals surface area contributed by atoms with Crippen molar-refractivity contribution >= 4 is 0 Å². The third-order valence-electron chi connectivity index (χ3n) is 2.59. The third-order valence-corrected chi connectivity index (χ3v) is 2.59. The number of aliphatic hydroxyl groups excluding tert-OH is 2. The SMILES string of the molecule is CO[C@H]1O[C@@H]([C@@H](CO)OC)[C@H](O)[C@H]1OC. The van der Waals surface area contributed by atoms with Crippen molar-refractivity contribution in [1.82, 2.24) is 0 Å². The molecule has 0 aromatic heterocycles. The molecule has 90 valence electrons. The molecule has 15 heavy (non-hydrogen) atoms. The number of hydrogen-bond donors (Lipinski definition) is 2. The Balaban J connectivity index is 2.68. The second-order valence-electron chi connectivity index (χ2n) is 3.35.